The third-order valence-electron chi connectivity index (χ3n) is 4.14. The lowest BCUT2D eigenvalue weighted by molar-refractivity contribution is 0.0844. The molecular formula is C21H20N4O5S. The second-order valence-corrected chi connectivity index (χ2v) is 8.65. The number of amides is 2. The second kappa shape index (κ2) is 9.37. The van der Waals surface area contributed by atoms with Gasteiger partial charge in [0.25, 0.3) is 11.8 Å². The Kier molecular flexibility index (Phi) is 6.63. The number of carbonyl (C=O) groups excluding carboxylic acids is 2. The van der Waals surface area contributed by atoms with Crippen molar-refractivity contribution in [1.29, 1.82) is 0 Å². The molecule has 31 heavy (non-hydrogen) atoms. The van der Waals surface area contributed by atoms with E-state index in [0.717, 1.165) is 4.31 Å². The first-order chi connectivity index (χ1) is 14.8. The van der Waals surface area contributed by atoms with E-state index in [1.54, 1.807) is 30.3 Å². The number of hydrogen-bond acceptors (Lipinski definition) is 6. The number of nitrogens with one attached hydrogen (secondary N) is 2. The maximum absolute atomic E-state index is 12.6. The van der Waals surface area contributed by atoms with Crippen LogP contribution in [0.4, 0.5) is 0 Å². The van der Waals surface area contributed by atoms with Crippen molar-refractivity contribution in [3.63, 3.8) is 0 Å². The van der Waals surface area contributed by atoms with E-state index >= 15 is 0 Å². The highest BCUT2D eigenvalue weighted by Crippen LogP contribution is 2.22. The molecule has 160 valence electrons. The predicted molar refractivity (Wildman–Crippen MR) is 113 cm³/mol. The second-order valence-electron chi connectivity index (χ2n) is 6.49. The molecule has 0 spiro atoms. The van der Waals surface area contributed by atoms with Gasteiger partial charge in [-0.05, 0) is 42.5 Å². The zero-order valence-electron chi connectivity index (χ0n) is 16.8. The summed E-state index contributed by atoms with van der Waals surface area (Å²) in [5.41, 5.74) is 4.72. The smallest absolute Gasteiger partial charge is 0.275 e. The molecule has 0 saturated carbocycles. The van der Waals surface area contributed by atoms with Gasteiger partial charge in [0.15, 0.2) is 0 Å². The molecule has 2 N–H and O–H groups in total. The van der Waals surface area contributed by atoms with Gasteiger partial charge in [0, 0.05) is 25.9 Å². The molecule has 0 aliphatic carbocycles. The molecular weight excluding hydrogens is 420 g/mol. The summed E-state index contributed by atoms with van der Waals surface area (Å²) in [4.78, 5) is 29.0. The van der Waals surface area contributed by atoms with Crippen LogP contribution >= 0.6 is 0 Å². The van der Waals surface area contributed by atoms with E-state index in [-0.39, 0.29) is 21.9 Å². The molecule has 2 amide bonds. The van der Waals surface area contributed by atoms with Gasteiger partial charge in [0.2, 0.25) is 15.9 Å². The zero-order chi connectivity index (χ0) is 22.4. The van der Waals surface area contributed by atoms with Crippen molar-refractivity contribution in [2.45, 2.75) is 4.90 Å². The molecule has 10 heteroatoms. The standard InChI is InChI=1S/C21H20N4O5S/c1-25(2)31(28,29)17-11-6-8-15(14-17)19(26)23-24-20(27)18-12-7-13-22-21(18)30-16-9-4-3-5-10-16/h3-14H,1-2H3,(H,23,26)(H,24,27). The summed E-state index contributed by atoms with van der Waals surface area (Å²) in [6.07, 6.45) is 1.48. The first-order valence-electron chi connectivity index (χ1n) is 9.10. The maximum Gasteiger partial charge on any atom is 0.275 e. The van der Waals surface area contributed by atoms with E-state index in [0.29, 0.717) is 5.75 Å². The van der Waals surface area contributed by atoms with Crippen LogP contribution in [0, 0.1) is 0 Å². The summed E-state index contributed by atoms with van der Waals surface area (Å²) in [6, 6.07) is 17.4. The molecule has 3 aromatic rings. The lowest BCUT2D eigenvalue weighted by atomic mass is 10.2. The maximum atomic E-state index is 12.6. The molecule has 0 aliphatic rings. The van der Waals surface area contributed by atoms with Gasteiger partial charge in [0.1, 0.15) is 11.3 Å². The monoisotopic (exact) mass is 440 g/mol. The highest BCUT2D eigenvalue weighted by atomic mass is 32.2. The Bertz CT molecular complexity index is 1200. The van der Waals surface area contributed by atoms with Crippen molar-refractivity contribution in [2.75, 3.05) is 14.1 Å². The van der Waals surface area contributed by atoms with Crippen molar-refractivity contribution in [3.05, 3.63) is 84.1 Å². The number of benzene rings is 2. The van der Waals surface area contributed by atoms with E-state index in [1.165, 1.54) is 50.6 Å². The van der Waals surface area contributed by atoms with Crippen LogP contribution in [0.1, 0.15) is 20.7 Å². The Labute approximate surface area is 179 Å². The Morgan fingerprint density at radius 1 is 0.903 bits per heavy atom. The summed E-state index contributed by atoms with van der Waals surface area (Å²) in [5, 5.41) is 0. The highest BCUT2D eigenvalue weighted by molar-refractivity contribution is 7.89. The molecule has 0 saturated heterocycles. The molecule has 0 bridgehead atoms. The van der Waals surface area contributed by atoms with Gasteiger partial charge in [-0.3, -0.25) is 20.4 Å². The number of para-hydroxylation sites is 1. The predicted octanol–water partition coefficient (Wildman–Crippen LogP) is 2.20. The van der Waals surface area contributed by atoms with E-state index in [4.69, 9.17) is 4.74 Å². The summed E-state index contributed by atoms with van der Waals surface area (Å²) >= 11 is 0. The highest BCUT2D eigenvalue weighted by Gasteiger charge is 2.20. The van der Waals surface area contributed by atoms with Gasteiger partial charge in [0.05, 0.1) is 4.90 Å². The topological polar surface area (TPSA) is 118 Å². The lowest BCUT2D eigenvalue weighted by Crippen LogP contribution is -2.41. The van der Waals surface area contributed by atoms with E-state index in [9.17, 15) is 18.0 Å². The average Bonchev–Trinajstić information content (AvgIpc) is 2.78. The number of hydrogen-bond donors (Lipinski definition) is 2. The van der Waals surface area contributed by atoms with Crippen LogP contribution in [-0.4, -0.2) is 43.6 Å². The number of ether oxygens (including phenoxy) is 1. The molecule has 0 fully saturated rings. The average molecular weight is 440 g/mol. The van der Waals surface area contributed by atoms with Gasteiger partial charge >= 0.3 is 0 Å². The molecule has 3 rings (SSSR count). The van der Waals surface area contributed by atoms with Gasteiger partial charge in [-0.25, -0.2) is 17.7 Å². The Morgan fingerprint density at radius 2 is 1.61 bits per heavy atom. The Morgan fingerprint density at radius 3 is 2.32 bits per heavy atom. The summed E-state index contributed by atoms with van der Waals surface area (Å²) in [7, 11) is -0.913. The van der Waals surface area contributed by atoms with Crippen LogP contribution in [0.15, 0.2) is 77.8 Å². The fourth-order valence-corrected chi connectivity index (χ4v) is 3.45. The van der Waals surface area contributed by atoms with Gasteiger partial charge in [-0.15, -0.1) is 0 Å². The molecule has 0 unspecified atom stereocenters. The largest absolute Gasteiger partial charge is 0.438 e. The lowest BCUT2D eigenvalue weighted by Gasteiger charge is -2.13. The van der Waals surface area contributed by atoms with Crippen molar-refractivity contribution < 1.29 is 22.7 Å². The molecule has 1 heterocycles. The third kappa shape index (κ3) is 5.24. The molecule has 0 radical (unpaired) electrons. The first kappa shape index (κ1) is 21.9. The van der Waals surface area contributed by atoms with Gasteiger partial charge in [-0.1, -0.05) is 24.3 Å². The van der Waals surface area contributed by atoms with Crippen LogP contribution < -0.4 is 15.6 Å². The summed E-state index contributed by atoms with van der Waals surface area (Å²) in [5.74, 6) is -0.763. The van der Waals surface area contributed by atoms with E-state index < -0.39 is 21.8 Å². The fourth-order valence-electron chi connectivity index (χ4n) is 2.51. The minimum atomic E-state index is -3.70. The summed E-state index contributed by atoms with van der Waals surface area (Å²) in [6.45, 7) is 0. The number of rotatable bonds is 6. The van der Waals surface area contributed by atoms with Crippen molar-refractivity contribution >= 4 is 21.8 Å². The number of hydrazine groups is 1. The van der Waals surface area contributed by atoms with Gasteiger partial charge in [-0.2, -0.15) is 0 Å². The van der Waals surface area contributed by atoms with E-state index in [2.05, 4.69) is 15.8 Å². The molecule has 0 atom stereocenters. The quantitative estimate of drug-likeness (QED) is 0.568. The normalized spacial score (nSPS) is 11.1. The van der Waals surface area contributed by atoms with Crippen LogP contribution in [0.2, 0.25) is 0 Å². The molecule has 1 aromatic heterocycles. The first-order valence-corrected chi connectivity index (χ1v) is 10.5. The van der Waals surface area contributed by atoms with Crippen LogP contribution in [0.25, 0.3) is 0 Å². The zero-order valence-corrected chi connectivity index (χ0v) is 17.6. The third-order valence-corrected chi connectivity index (χ3v) is 5.95. The fraction of sp³-hybridized carbons (Fsp3) is 0.0952. The number of carbonyl (C=O) groups is 2. The van der Waals surface area contributed by atoms with Crippen molar-refractivity contribution in [1.82, 2.24) is 20.1 Å². The number of pyridine rings is 1. The minimum Gasteiger partial charge on any atom is -0.438 e. The molecule has 2 aromatic carbocycles. The summed E-state index contributed by atoms with van der Waals surface area (Å²) < 4.78 is 31.2. The van der Waals surface area contributed by atoms with E-state index in [1.807, 2.05) is 6.07 Å². The Balaban J connectivity index is 1.71. The van der Waals surface area contributed by atoms with Crippen LogP contribution in [0.3, 0.4) is 0 Å². The van der Waals surface area contributed by atoms with Crippen molar-refractivity contribution in [2.24, 2.45) is 0 Å². The molecule has 9 nitrogen and oxygen atoms in total. The number of sulfonamides is 1. The van der Waals surface area contributed by atoms with Crippen molar-refractivity contribution in [3.8, 4) is 11.6 Å². The molecule has 0 aliphatic heterocycles. The van der Waals surface area contributed by atoms with Crippen LogP contribution in [0.5, 0.6) is 11.6 Å². The van der Waals surface area contributed by atoms with Crippen LogP contribution in [-0.2, 0) is 10.0 Å². The van der Waals surface area contributed by atoms with Gasteiger partial charge < -0.3 is 4.74 Å². The SMILES string of the molecule is CN(C)S(=O)(=O)c1cccc(C(=O)NNC(=O)c2cccnc2Oc2ccccc2)c1. The number of nitrogens with zero attached hydrogens (tertiary/aromatic N) is 2. The Hall–Kier alpha value is -3.76. The number of aromatic nitrogens is 1. The minimum absolute atomic E-state index is 0.0396.